The molecule has 2 fully saturated rings. The van der Waals surface area contributed by atoms with E-state index in [9.17, 15) is 0 Å². The molecule has 0 spiro atoms. The summed E-state index contributed by atoms with van der Waals surface area (Å²) < 4.78 is 0. The molecule has 2 unspecified atom stereocenters. The van der Waals surface area contributed by atoms with E-state index in [1.165, 1.54) is 36.9 Å². The van der Waals surface area contributed by atoms with Crippen LogP contribution in [0.2, 0.25) is 5.02 Å². The summed E-state index contributed by atoms with van der Waals surface area (Å²) in [6.07, 6.45) is 4.07. The van der Waals surface area contributed by atoms with Crippen LogP contribution < -0.4 is 5.32 Å². The number of hydrogen-bond acceptors (Lipinski definition) is 1. The lowest BCUT2D eigenvalue weighted by molar-refractivity contribution is 0.402. The van der Waals surface area contributed by atoms with Crippen molar-refractivity contribution in [2.24, 2.45) is 5.92 Å². The molecule has 2 atom stereocenters. The van der Waals surface area contributed by atoms with Crippen LogP contribution in [0.3, 0.4) is 0 Å². The number of hydrogen-bond donors (Lipinski definition) is 1. The Labute approximate surface area is 102 Å². The first-order chi connectivity index (χ1) is 7.72. The van der Waals surface area contributed by atoms with Gasteiger partial charge in [0.25, 0.3) is 0 Å². The molecule has 1 nitrogen and oxygen atoms in total. The maximum absolute atomic E-state index is 6.26. The third-order valence-electron chi connectivity index (χ3n) is 4.53. The second-order valence-electron chi connectivity index (χ2n) is 5.34. The third-order valence-corrected chi connectivity index (χ3v) is 4.94. The van der Waals surface area contributed by atoms with E-state index >= 15 is 0 Å². The zero-order valence-electron chi connectivity index (χ0n) is 9.72. The molecule has 0 bridgehead atoms. The van der Waals surface area contributed by atoms with Crippen molar-refractivity contribution < 1.29 is 0 Å². The number of benzene rings is 1. The SMILES string of the molecule is Cc1ccc(C23CCCC2CNC3)cc1Cl. The van der Waals surface area contributed by atoms with E-state index in [-0.39, 0.29) is 0 Å². The maximum Gasteiger partial charge on any atom is 0.0438 e. The Morgan fingerprint density at radius 1 is 1.44 bits per heavy atom. The van der Waals surface area contributed by atoms with E-state index in [1.807, 2.05) is 0 Å². The van der Waals surface area contributed by atoms with Gasteiger partial charge in [-0.3, -0.25) is 0 Å². The lowest BCUT2D eigenvalue weighted by Crippen LogP contribution is -2.30. The van der Waals surface area contributed by atoms with E-state index in [1.54, 1.807) is 0 Å². The van der Waals surface area contributed by atoms with Crippen molar-refractivity contribution in [2.75, 3.05) is 13.1 Å². The summed E-state index contributed by atoms with van der Waals surface area (Å²) in [6.45, 7) is 4.39. The molecule has 0 amide bonds. The minimum Gasteiger partial charge on any atom is -0.316 e. The number of rotatable bonds is 1. The van der Waals surface area contributed by atoms with Gasteiger partial charge in [0.05, 0.1) is 0 Å². The number of fused-ring (bicyclic) bond motifs is 1. The maximum atomic E-state index is 6.26. The van der Waals surface area contributed by atoms with E-state index in [2.05, 4.69) is 30.4 Å². The van der Waals surface area contributed by atoms with Gasteiger partial charge in [0.1, 0.15) is 0 Å². The quantitative estimate of drug-likeness (QED) is 0.788. The first-order valence-electron chi connectivity index (χ1n) is 6.20. The molecule has 1 saturated heterocycles. The van der Waals surface area contributed by atoms with Gasteiger partial charge in [-0.15, -0.1) is 0 Å². The van der Waals surface area contributed by atoms with Crippen molar-refractivity contribution >= 4 is 11.6 Å². The highest BCUT2D eigenvalue weighted by Crippen LogP contribution is 2.48. The molecule has 3 rings (SSSR count). The largest absolute Gasteiger partial charge is 0.316 e. The normalized spacial score (nSPS) is 33.0. The molecule has 1 aromatic carbocycles. The summed E-state index contributed by atoms with van der Waals surface area (Å²) in [5, 5.41) is 4.48. The van der Waals surface area contributed by atoms with Crippen molar-refractivity contribution in [1.29, 1.82) is 0 Å². The predicted molar refractivity (Wildman–Crippen MR) is 68.1 cm³/mol. The Hall–Kier alpha value is -0.530. The van der Waals surface area contributed by atoms with Crippen LogP contribution >= 0.6 is 11.6 Å². The fourth-order valence-electron chi connectivity index (χ4n) is 3.53. The molecule has 1 aliphatic carbocycles. The molecule has 0 aromatic heterocycles. The number of aryl methyl sites for hydroxylation is 1. The lowest BCUT2D eigenvalue weighted by atomic mass is 9.74. The van der Waals surface area contributed by atoms with Crippen LogP contribution in [0.15, 0.2) is 18.2 Å². The summed E-state index contributed by atoms with van der Waals surface area (Å²) in [5.74, 6) is 0.825. The molecular formula is C14H18ClN. The fraction of sp³-hybridized carbons (Fsp3) is 0.571. The Kier molecular flexibility index (Phi) is 2.49. The topological polar surface area (TPSA) is 12.0 Å². The molecule has 86 valence electrons. The zero-order chi connectivity index (χ0) is 11.2. The van der Waals surface area contributed by atoms with Gasteiger partial charge in [0.15, 0.2) is 0 Å². The van der Waals surface area contributed by atoms with Crippen molar-refractivity contribution in [3.05, 3.63) is 34.3 Å². The van der Waals surface area contributed by atoms with Crippen LogP contribution in [0, 0.1) is 12.8 Å². The standard InChI is InChI=1S/C14H18ClN/c1-10-4-5-11(7-13(10)15)14-6-2-3-12(14)8-16-9-14/h4-5,7,12,16H,2-3,6,8-9H2,1H3. The molecule has 0 radical (unpaired) electrons. The summed E-state index contributed by atoms with van der Waals surface area (Å²) in [6, 6.07) is 6.65. The van der Waals surface area contributed by atoms with E-state index in [0.717, 1.165) is 17.5 Å². The average molecular weight is 236 g/mol. The Balaban J connectivity index is 2.04. The van der Waals surface area contributed by atoms with Gasteiger partial charge >= 0.3 is 0 Å². The Morgan fingerprint density at radius 2 is 2.31 bits per heavy atom. The molecule has 1 N–H and O–H groups in total. The molecular weight excluding hydrogens is 218 g/mol. The highest BCUT2D eigenvalue weighted by molar-refractivity contribution is 6.31. The molecule has 1 aliphatic heterocycles. The first-order valence-corrected chi connectivity index (χ1v) is 6.57. The Morgan fingerprint density at radius 3 is 3.12 bits per heavy atom. The van der Waals surface area contributed by atoms with Crippen LogP contribution in [0.25, 0.3) is 0 Å². The molecule has 1 saturated carbocycles. The van der Waals surface area contributed by atoms with E-state index < -0.39 is 0 Å². The van der Waals surface area contributed by atoms with Crippen molar-refractivity contribution in [1.82, 2.24) is 5.32 Å². The predicted octanol–water partition coefficient (Wildman–Crippen LogP) is 3.29. The smallest absolute Gasteiger partial charge is 0.0438 e. The average Bonchev–Trinajstić information content (AvgIpc) is 2.81. The van der Waals surface area contributed by atoms with Gasteiger partial charge < -0.3 is 5.32 Å². The van der Waals surface area contributed by atoms with Crippen LogP contribution in [0.4, 0.5) is 0 Å². The Bertz CT molecular complexity index is 403. The van der Waals surface area contributed by atoms with Crippen molar-refractivity contribution in [3.63, 3.8) is 0 Å². The van der Waals surface area contributed by atoms with Crippen LogP contribution in [0.1, 0.15) is 30.4 Å². The van der Waals surface area contributed by atoms with Gasteiger partial charge in [-0.25, -0.2) is 0 Å². The van der Waals surface area contributed by atoms with Crippen LogP contribution in [-0.2, 0) is 5.41 Å². The molecule has 2 heteroatoms. The van der Waals surface area contributed by atoms with E-state index in [4.69, 9.17) is 11.6 Å². The van der Waals surface area contributed by atoms with Gasteiger partial charge in [-0.05, 0) is 49.4 Å². The molecule has 16 heavy (non-hydrogen) atoms. The van der Waals surface area contributed by atoms with Gasteiger partial charge in [0.2, 0.25) is 0 Å². The van der Waals surface area contributed by atoms with Crippen molar-refractivity contribution in [3.8, 4) is 0 Å². The van der Waals surface area contributed by atoms with Gasteiger partial charge in [-0.2, -0.15) is 0 Å². The third kappa shape index (κ3) is 1.42. The van der Waals surface area contributed by atoms with E-state index in [0.29, 0.717) is 5.41 Å². The van der Waals surface area contributed by atoms with Crippen LogP contribution in [0.5, 0.6) is 0 Å². The molecule has 1 aromatic rings. The first kappa shape index (κ1) is 10.6. The fourth-order valence-corrected chi connectivity index (χ4v) is 3.71. The zero-order valence-corrected chi connectivity index (χ0v) is 10.5. The lowest BCUT2D eigenvalue weighted by Gasteiger charge is -2.29. The molecule has 1 heterocycles. The minimum absolute atomic E-state index is 0.386. The summed E-state index contributed by atoms with van der Waals surface area (Å²) in [5.41, 5.74) is 3.02. The summed E-state index contributed by atoms with van der Waals surface area (Å²) in [4.78, 5) is 0. The minimum atomic E-state index is 0.386. The second-order valence-corrected chi connectivity index (χ2v) is 5.75. The van der Waals surface area contributed by atoms with Gasteiger partial charge in [-0.1, -0.05) is 30.2 Å². The van der Waals surface area contributed by atoms with Crippen LogP contribution in [-0.4, -0.2) is 13.1 Å². The second kappa shape index (κ2) is 3.75. The number of nitrogens with one attached hydrogen (secondary N) is 1. The number of halogens is 1. The summed E-state index contributed by atoms with van der Waals surface area (Å²) >= 11 is 6.26. The van der Waals surface area contributed by atoms with Crippen molar-refractivity contribution in [2.45, 2.75) is 31.6 Å². The summed E-state index contributed by atoms with van der Waals surface area (Å²) in [7, 11) is 0. The molecule has 2 aliphatic rings. The highest BCUT2D eigenvalue weighted by Gasteiger charge is 2.47. The monoisotopic (exact) mass is 235 g/mol. The van der Waals surface area contributed by atoms with Gasteiger partial charge in [0, 0.05) is 17.0 Å². The highest BCUT2D eigenvalue weighted by atomic mass is 35.5.